The van der Waals surface area contributed by atoms with Gasteiger partial charge in [0, 0.05) is 66.3 Å². The molecule has 0 saturated carbocycles. The number of nitrogens with zero attached hydrogens (tertiary/aromatic N) is 5. The number of nitrogens with one attached hydrogen (secondary N) is 1. The van der Waals surface area contributed by atoms with Crippen molar-refractivity contribution in [2.75, 3.05) is 38.3 Å². The number of ether oxygens (including phenoxy) is 1. The molecule has 174 valence electrons. The fourth-order valence-corrected chi connectivity index (χ4v) is 4.27. The maximum absolute atomic E-state index is 12.0. The number of rotatable bonds is 7. The average molecular weight is 458 g/mol. The fourth-order valence-electron chi connectivity index (χ4n) is 4.27. The summed E-state index contributed by atoms with van der Waals surface area (Å²) in [5.74, 6) is 1.08. The molecule has 5 rings (SSSR count). The highest BCUT2D eigenvalue weighted by molar-refractivity contribution is 6.03. The zero-order valence-corrected chi connectivity index (χ0v) is 19.1. The zero-order valence-electron chi connectivity index (χ0n) is 19.1. The van der Waals surface area contributed by atoms with E-state index in [0.717, 1.165) is 53.2 Å². The molecule has 0 aliphatic carbocycles. The summed E-state index contributed by atoms with van der Waals surface area (Å²) in [4.78, 5) is 33.6. The largest absolute Gasteiger partial charge is 0.378 e. The fraction of sp³-hybridized carbons (Fsp3) is 0.280. The molecule has 0 atom stereocenters. The first-order valence-corrected chi connectivity index (χ1v) is 11.3. The molecule has 0 spiro atoms. The molecule has 3 N–H and O–H groups in total. The molecule has 1 amide bonds. The number of benzene rings is 1. The topological polar surface area (TPSA) is 113 Å². The highest BCUT2D eigenvalue weighted by Gasteiger charge is 2.19. The molecular formula is C25H27N7O2. The van der Waals surface area contributed by atoms with Crippen molar-refractivity contribution < 1.29 is 9.53 Å². The molecule has 1 fully saturated rings. The summed E-state index contributed by atoms with van der Waals surface area (Å²) in [5, 5.41) is 0.978. The number of hydrogen-bond acceptors (Lipinski definition) is 7. The second kappa shape index (κ2) is 9.58. The predicted octanol–water partition coefficient (Wildman–Crippen LogP) is 2.59. The molecule has 1 aliphatic heterocycles. The van der Waals surface area contributed by atoms with E-state index in [2.05, 4.69) is 25.8 Å². The Morgan fingerprint density at radius 1 is 1.18 bits per heavy atom. The number of anilines is 1. The average Bonchev–Trinajstić information content (AvgIpc) is 3.33. The normalized spacial score (nSPS) is 14.1. The molecular weight excluding hydrogens is 430 g/mol. The minimum absolute atomic E-state index is 0.437. The number of nitrogens with two attached hydrogens (primary N) is 1. The van der Waals surface area contributed by atoms with Crippen molar-refractivity contribution >= 4 is 22.6 Å². The van der Waals surface area contributed by atoms with E-state index in [4.69, 9.17) is 20.4 Å². The van der Waals surface area contributed by atoms with Gasteiger partial charge < -0.3 is 20.4 Å². The third-order valence-corrected chi connectivity index (χ3v) is 5.91. The molecule has 1 aliphatic rings. The minimum Gasteiger partial charge on any atom is -0.378 e. The number of carbonyl (C=O) groups is 1. The predicted molar refractivity (Wildman–Crippen MR) is 130 cm³/mol. The summed E-state index contributed by atoms with van der Waals surface area (Å²) in [7, 11) is 2.04. The van der Waals surface area contributed by atoms with Crippen LogP contribution in [0.4, 0.5) is 5.82 Å². The molecule has 1 aromatic carbocycles. The van der Waals surface area contributed by atoms with Gasteiger partial charge in [0.1, 0.15) is 11.6 Å². The number of carbonyl (C=O) groups excluding carboxylic acids is 1. The Morgan fingerprint density at radius 3 is 2.79 bits per heavy atom. The van der Waals surface area contributed by atoms with Gasteiger partial charge >= 0.3 is 0 Å². The number of pyridine rings is 1. The molecule has 0 bridgehead atoms. The van der Waals surface area contributed by atoms with Gasteiger partial charge in [-0.3, -0.25) is 14.7 Å². The molecule has 34 heavy (non-hydrogen) atoms. The van der Waals surface area contributed by atoms with E-state index >= 15 is 0 Å². The van der Waals surface area contributed by atoms with Crippen LogP contribution in [0.1, 0.15) is 21.7 Å². The van der Waals surface area contributed by atoms with Crippen LogP contribution in [0.5, 0.6) is 0 Å². The molecule has 4 aromatic rings. The number of hydrogen-bond donors (Lipinski definition) is 2. The number of morpholine rings is 1. The third-order valence-electron chi connectivity index (χ3n) is 5.91. The standard InChI is InChI=1S/C25H27N7O2/c1-31(15-17-3-2-5-27-14-17)16-23-29-22(13-24(30-23)32-7-9-34-10-8-32)20-11-18(25(26)33)12-21-19(20)4-6-28-21/h2-6,11-14,28H,7-10,15-16H2,1H3,(H2,26,33). The Bertz CT molecular complexity index is 1300. The smallest absolute Gasteiger partial charge is 0.248 e. The number of H-pyrrole nitrogens is 1. The summed E-state index contributed by atoms with van der Waals surface area (Å²) >= 11 is 0. The minimum atomic E-state index is -0.475. The first-order chi connectivity index (χ1) is 16.6. The molecule has 1 saturated heterocycles. The summed E-state index contributed by atoms with van der Waals surface area (Å²) in [6.45, 7) is 4.15. The van der Waals surface area contributed by atoms with E-state index in [1.54, 1.807) is 12.3 Å². The summed E-state index contributed by atoms with van der Waals surface area (Å²) in [6, 6.07) is 11.5. The van der Waals surface area contributed by atoms with Crippen molar-refractivity contribution in [3.63, 3.8) is 0 Å². The zero-order chi connectivity index (χ0) is 23.5. The van der Waals surface area contributed by atoms with Gasteiger partial charge in [0.2, 0.25) is 5.91 Å². The van der Waals surface area contributed by atoms with E-state index in [-0.39, 0.29) is 0 Å². The first-order valence-electron chi connectivity index (χ1n) is 11.3. The highest BCUT2D eigenvalue weighted by Crippen LogP contribution is 2.31. The van der Waals surface area contributed by atoms with Crippen molar-refractivity contribution in [3.05, 3.63) is 71.9 Å². The van der Waals surface area contributed by atoms with Gasteiger partial charge in [0.25, 0.3) is 0 Å². The van der Waals surface area contributed by atoms with Gasteiger partial charge in [-0.05, 0) is 36.9 Å². The Kier molecular flexibility index (Phi) is 6.20. The van der Waals surface area contributed by atoms with Crippen molar-refractivity contribution in [2.24, 2.45) is 5.73 Å². The molecule has 9 heteroatoms. The van der Waals surface area contributed by atoms with Crippen LogP contribution < -0.4 is 10.6 Å². The maximum Gasteiger partial charge on any atom is 0.248 e. The van der Waals surface area contributed by atoms with E-state index in [9.17, 15) is 4.79 Å². The molecule has 0 radical (unpaired) electrons. The summed E-state index contributed by atoms with van der Waals surface area (Å²) in [6.07, 6.45) is 5.49. The third kappa shape index (κ3) is 4.75. The van der Waals surface area contributed by atoms with Crippen LogP contribution in [0.2, 0.25) is 0 Å². The lowest BCUT2D eigenvalue weighted by atomic mass is 10.0. The molecule has 0 unspecified atom stereocenters. The van der Waals surface area contributed by atoms with Crippen LogP contribution in [0.25, 0.3) is 22.2 Å². The Morgan fingerprint density at radius 2 is 2.03 bits per heavy atom. The van der Waals surface area contributed by atoms with Gasteiger partial charge in [-0.25, -0.2) is 9.97 Å². The highest BCUT2D eigenvalue weighted by atomic mass is 16.5. The first kappa shape index (κ1) is 22.0. The van der Waals surface area contributed by atoms with Crippen molar-refractivity contribution in [1.29, 1.82) is 0 Å². The van der Waals surface area contributed by atoms with Crippen LogP contribution in [0.3, 0.4) is 0 Å². The van der Waals surface area contributed by atoms with Crippen molar-refractivity contribution in [1.82, 2.24) is 24.8 Å². The second-order valence-corrected chi connectivity index (χ2v) is 8.49. The SMILES string of the molecule is CN(Cc1cccnc1)Cc1nc(-c2cc(C(N)=O)cc3[nH]ccc23)cc(N2CCOCC2)n1. The lowest BCUT2D eigenvalue weighted by Gasteiger charge is -2.28. The maximum atomic E-state index is 12.0. The van der Waals surface area contributed by atoms with Crippen LogP contribution in [-0.2, 0) is 17.8 Å². The number of fused-ring (bicyclic) bond motifs is 1. The van der Waals surface area contributed by atoms with E-state index in [0.29, 0.717) is 31.1 Å². The van der Waals surface area contributed by atoms with Crippen molar-refractivity contribution in [2.45, 2.75) is 13.1 Å². The number of amides is 1. The lowest BCUT2D eigenvalue weighted by molar-refractivity contribution is 0.100. The quantitative estimate of drug-likeness (QED) is 0.438. The Balaban J connectivity index is 1.55. The Hall–Kier alpha value is -3.82. The van der Waals surface area contributed by atoms with Crippen LogP contribution in [0, 0.1) is 0 Å². The van der Waals surface area contributed by atoms with Crippen LogP contribution in [-0.4, -0.2) is 64.1 Å². The number of primary amides is 1. The number of aromatic amines is 1. The van der Waals surface area contributed by atoms with Gasteiger partial charge in [0.15, 0.2) is 0 Å². The number of aromatic nitrogens is 4. The van der Waals surface area contributed by atoms with Crippen molar-refractivity contribution in [3.8, 4) is 11.3 Å². The Labute approximate surface area is 197 Å². The van der Waals surface area contributed by atoms with Gasteiger partial charge in [0.05, 0.1) is 25.5 Å². The molecule has 9 nitrogen and oxygen atoms in total. The van der Waals surface area contributed by atoms with Crippen LogP contribution in [0.15, 0.2) is 55.0 Å². The van der Waals surface area contributed by atoms with Gasteiger partial charge in [-0.1, -0.05) is 6.07 Å². The summed E-state index contributed by atoms with van der Waals surface area (Å²) < 4.78 is 5.53. The van der Waals surface area contributed by atoms with E-state index in [1.807, 2.05) is 43.7 Å². The van der Waals surface area contributed by atoms with Gasteiger partial charge in [-0.15, -0.1) is 0 Å². The van der Waals surface area contributed by atoms with Gasteiger partial charge in [-0.2, -0.15) is 0 Å². The monoisotopic (exact) mass is 457 g/mol. The molecule has 4 heterocycles. The van der Waals surface area contributed by atoms with Crippen LogP contribution >= 0.6 is 0 Å². The second-order valence-electron chi connectivity index (χ2n) is 8.49. The molecule has 3 aromatic heterocycles. The lowest BCUT2D eigenvalue weighted by Crippen LogP contribution is -2.37. The van der Waals surface area contributed by atoms with E-state index < -0.39 is 5.91 Å². The summed E-state index contributed by atoms with van der Waals surface area (Å²) in [5.41, 5.74) is 9.62. The van der Waals surface area contributed by atoms with E-state index in [1.165, 1.54) is 0 Å².